The molecule has 0 aliphatic heterocycles. The Hall–Kier alpha value is -0.0500. The van der Waals surface area contributed by atoms with Crippen LogP contribution in [-0.4, -0.2) is 11.3 Å². The number of hydrogen-bond acceptors (Lipinski definition) is 2. The van der Waals surface area contributed by atoms with E-state index < -0.39 is 6.36 Å². The zero-order valence-corrected chi connectivity index (χ0v) is 10.4. The topological polar surface area (TPSA) is 22.1 Å². The average molecular weight is 382 g/mol. The van der Waals surface area contributed by atoms with Crippen LogP contribution in [0.3, 0.4) is 0 Å². The van der Waals surface area contributed by atoms with Gasteiger partial charge in [-0.2, -0.15) is 0 Å². The van der Waals surface area contributed by atoms with Gasteiger partial charge in [0, 0.05) is 11.5 Å². The Morgan fingerprint density at radius 1 is 1.50 bits per heavy atom. The van der Waals surface area contributed by atoms with Gasteiger partial charge in [0.1, 0.15) is 3.70 Å². The van der Waals surface area contributed by atoms with Gasteiger partial charge in [-0.3, -0.25) is 0 Å². The zero-order valence-electron chi connectivity index (χ0n) is 6.61. The van der Waals surface area contributed by atoms with Gasteiger partial charge < -0.3 is 4.74 Å². The van der Waals surface area contributed by atoms with Gasteiger partial charge in [0.2, 0.25) is 0 Å². The minimum atomic E-state index is -4.67. The lowest BCUT2D eigenvalue weighted by Gasteiger charge is -2.10. The quantitative estimate of drug-likeness (QED) is 0.444. The van der Waals surface area contributed by atoms with Crippen molar-refractivity contribution >= 4 is 38.5 Å². The molecule has 1 rings (SSSR count). The van der Waals surface area contributed by atoms with Gasteiger partial charge >= 0.3 is 6.36 Å². The number of nitrogens with zero attached hydrogens (tertiary/aromatic N) is 1. The lowest BCUT2D eigenvalue weighted by atomic mass is 10.3. The van der Waals surface area contributed by atoms with Crippen LogP contribution >= 0.6 is 38.5 Å². The Kier molecular flexibility index (Phi) is 3.99. The average Bonchev–Trinajstić information content (AvgIpc) is 2.06. The van der Waals surface area contributed by atoms with Crippen molar-refractivity contribution in [3.05, 3.63) is 21.5 Å². The summed E-state index contributed by atoms with van der Waals surface area (Å²) < 4.78 is 39.6. The molecule has 0 N–H and O–H groups in total. The highest BCUT2D eigenvalue weighted by Gasteiger charge is 2.32. The van der Waals surface area contributed by atoms with E-state index in [1.807, 2.05) is 0 Å². The Morgan fingerprint density at radius 2 is 2.14 bits per heavy atom. The van der Waals surface area contributed by atoms with Gasteiger partial charge in [0.05, 0.1) is 0 Å². The molecule has 0 saturated carbocycles. The maximum Gasteiger partial charge on any atom is 0.573 e. The Labute approximate surface area is 100 Å². The van der Waals surface area contributed by atoms with Crippen molar-refractivity contribution in [1.29, 1.82) is 0 Å². The molecule has 0 saturated heterocycles. The van der Waals surface area contributed by atoms with Gasteiger partial charge in [-0.15, -0.1) is 13.2 Å². The van der Waals surface area contributed by atoms with E-state index in [0.717, 1.165) is 0 Å². The fourth-order valence-electron chi connectivity index (χ4n) is 0.738. The summed E-state index contributed by atoms with van der Waals surface area (Å²) in [7, 11) is 0. The summed E-state index contributed by atoms with van der Waals surface area (Å²) in [5.41, 5.74) is 0.629. The summed E-state index contributed by atoms with van der Waals surface area (Å²) in [4.78, 5) is 3.77. The van der Waals surface area contributed by atoms with Crippen molar-refractivity contribution in [1.82, 2.24) is 4.98 Å². The first-order valence-corrected chi connectivity index (χ1v) is 5.58. The minimum absolute atomic E-state index is 0.185. The van der Waals surface area contributed by atoms with Crippen LogP contribution in [0.1, 0.15) is 5.56 Å². The second-order valence-corrected chi connectivity index (χ2v) is 3.90. The highest BCUT2D eigenvalue weighted by Crippen LogP contribution is 2.27. The van der Waals surface area contributed by atoms with Crippen molar-refractivity contribution in [2.45, 2.75) is 11.7 Å². The number of hydrogen-bond donors (Lipinski definition) is 0. The molecule has 0 spiro atoms. The third-order valence-electron chi connectivity index (χ3n) is 1.24. The molecule has 1 aromatic heterocycles. The van der Waals surface area contributed by atoms with E-state index in [0.29, 0.717) is 10.9 Å². The van der Waals surface area contributed by atoms with Crippen LogP contribution in [0.2, 0.25) is 0 Å². The molecular weight excluding hydrogens is 378 g/mol. The van der Waals surface area contributed by atoms with Crippen LogP contribution < -0.4 is 4.74 Å². The maximum absolute atomic E-state index is 11.9. The van der Waals surface area contributed by atoms with Crippen molar-refractivity contribution in [2.75, 3.05) is 0 Å². The van der Waals surface area contributed by atoms with Crippen LogP contribution in [-0.2, 0) is 5.33 Å². The van der Waals surface area contributed by atoms with E-state index in [1.165, 1.54) is 12.3 Å². The number of rotatable bonds is 2. The third-order valence-corrected chi connectivity index (χ3v) is 2.70. The lowest BCUT2D eigenvalue weighted by molar-refractivity contribution is -0.275. The second kappa shape index (κ2) is 4.65. The van der Waals surface area contributed by atoms with Gasteiger partial charge in [-0.1, -0.05) is 15.9 Å². The first kappa shape index (κ1) is 12.0. The molecule has 78 valence electrons. The third kappa shape index (κ3) is 3.60. The SMILES string of the molecule is FC(F)(F)Oc1cc(CBr)cnc1I. The van der Waals surface area contributed by atoms with Crippen molar-refractivity contribution in [3.63, 3.8) is 0 Å². The molecule has 0 aliphatic carbocycles. The second-order valence-electron chi connectivity index (χ2n) is 2.31. The van der Waals surface area contributed by atoms with Crippen LogP contribution in [0.4, 0.5) is 13.2 Å². The predicted octanol–water partition coefficient (Wildman–Crippen LogP) is 3.48. The lowest BCUT2D eigenvalue weighted by Crippen LogP contribution is -2.18. The molecule has 0 aliphatic rings. The standard InChI is InChI=1S/C7H4BrF3INO/c8-2-4-1-5(6(12)13-3-4)14-7(9,10)11/h1,3H,2H2. The number of aromatic nitrogens is 1. The number of halogens is 5. The maximum atomic E-state index is 11.9. The van der Waals surface area contributed by atoms with Crippen molar-refractivity contribution in [3.8, 4) is 5.75 Å². The predicted molar refractivity (Wildman–Crippen MR) is 56.3 cm³/mol. The van der Waals surface area contributed by atoms with Gasteiger partial charge in [-0.05, 0) is 34.2 Å². The molecular formula is C7H4BrF3INO. The largest absolute Gasteiger partial charge is 0.573 e. The fourth-order valence-corrected chi connectivity index (χ4v) is 1.45. The van der Waals surface area contributed by atoms with E-state index in [1.54, 1.807) is 22.6 Å². The molecule has 0 radical (unpaired) electrons. The van der Waals surface area contributed by atoms with Gasteiger partial charge in [-0.25, -0.2) is 4.98 Å². The number of pyridine rings is 1. The molecule has 0 atom stereocenters. The van der Waals surface area contributed by atoms with Crippen LogP contribution in [0.15, 0.2) is 12.3 Å². The highest BCUT2D eigenvalue weighted by atomic mass is 127. The van der Waals surface area contributed by atoms with E-state index in [9.17, 15) is 13.2 Å². The molecule has 1 aromatic rings. The molecule has 14 heavy (non-hydrogen) atoms. The molecule has 0 aromatic carbocycles. The van der Waals surface area contributed by atoms with Gasteiger partial charge in [0.25, 0.3) is 0 Å². The molecule has 0 bridgehead atoms. The smallest absolute Gasteiger partial charge is 0.403 e. The Balaban J connectivity index is 2.95. The zero-order chi connectivity index (χ0) is 10.8. The first-order valence-electron chi connectivity index (χ1n) is 3.38. The first-order chi connectivity index (χ1) is 6.42. The van der Waals surface area contributed by atoms with Gasteiger partial charge in [0.15, 0.2) is 5.75 Å². The molecule has 1 heterocycles. The summed E-state index contributed by atoms with van der Waals surface area (Å²) >= 11 is 4.80. The van der Waals surface area contributed by atoms with Crippen LogP contribution in [0.5, 0.6) is 5.75 Å². The van der Waals surface area contributed by atoms with E-state index in [-0.39, 0.29) is 9.45 Å². The van der Waals surface area contributed by atoms with E-state index in [4.69, 9.17) is 0 Å². The molecule has 0 fully saturated rings. The molecule has 0 amide bonds. The van der Waals surface area contributed by atoms with Crippen molar-refractivity contribution in [2.24, 2.45) is 0 Å². The summed E-state index contributed by atoms with van der Waals surface area (Å²) in [5.74, 6) is -0.268. The summed E-state index contributed by atoms with van der Waals surface area (Å²) in [5, 5.41) is 0.436. The Bertz CT molecular complexity index is 331. The number of alkyl halides is 4. The molecule has 0 unspecified atom stereocenters. The summed E-state index contributed by atoms with van der Waals surface area (Å²) in [6.07, 6.45) is -3.19. The number of ether oxygens (including phenoxy) is 1. The van der Waals surface area contributed by atoms with Crippen LogP contribution in [0.25, 0.3) is 0 Å². The normalized spacial score (nSPS) is 11.5. The molecule has 2 nitrogen and oxygen atoms in total. The molecule has 7 heteroatoms. The van der Waals surface area contributed by atoms with E-state index >= 15 is 0 Å². The monoisotopic (exact) mass is 381 g/mol. The summed E-state index contributed by atoms with van der Waals surface area (Å²) in [6, 6.07) is 1.30. The highest BCUT2D eigenvalue weighted by molar-refractivity contribution is 14.1. The Morgan fingerprint density at radius 3 is 2.64 bits per heavy atom. The van der Waals surface area contributed by atoms with E-state index in [2.05, 4.69) is 25.7 Å². The summed E-state index contributed by atoms with van der Waals surface area (Å²) in [6.45, 7) is 0. The van der Waals surface area contributed by atoms with Crippen LogP contribution in [0, 0.1) is 3.70 Å². The fraction of sp³-hybridized carbons (Fsp3) is 0.286. The van der Waals surface area contributed by atoms with Crippen molar-refractivity contribution < 1.29 is 17.9 Å². The minimum Gasteiger partial charge on any atom is -0.403 e.